The molecule has 0 unspecified atom stereocenters. The van der Waals surface area contributed by atoms with Crippen molar-refractivity contribution in [1.82, 2.24) is 10.4 Å². The molecule has 0 aliphatic heterocycles. The quantitative estimate of drug-likeness (QED) is 0.659. The van der Waals surface area contributed by atoms with Crippen LogP contribution in [-0.2, 0) is 6.18 Å². The van der Waals surface area contributed by atoms with Gasteiger partial charge in [-0.05, 0) is 18.2 Å². The standard InChI is InChI=1S/C13H10F3N3O/c14-13(15,16)10-5-2-1-4-9(10)8-18-19-12(20)11-6-3-7-17-11/h1-8,17H,(H,19,20)/b18-8-. The van der Waals surface area contributed by atoms with E-state index in [1.165, 1.54) is 24.3 Å². The molecule has 0 saturated carbocycles. The Bertz CT molecular complexity index is 618. The van der Waals surface area contributed by atoms with Crippen LogP contribution < -0.4 is 5.43 Å². The van der Waals surface area contributed by atoms with Gasteiger partial charge < -0.3 is 4.98 Å². The number of aromatic amines is 1. The molecule has 0 atom stereocenters. The number of carbonyl (C=O) groups excluding carboxylic acids is 1. The molecule has 0 saturated heterocycles. The topological polar surface area (TPSA) is 57.2 Å². The monoisotopic (exact) mass is 281 g/mol. The first-order chi connectivity index (χ1) is 9.48. The Balaban J connectivity index is 2.11. The van der Waals surface area contributed by atoms with E-state index in [1.54, 1.807) is 12.3 Å². The minimum atomic E-state index is -4.47. The van der Waals surface area contributed by atoms with Crippen molar-refractivity contribution in [2.45, 2.75) is 6.18 Å². The summed E-state index contributed by atoms with van der Waals surface area (Å²) in [6.45, 7) is 0. The molecule has 1 aromatic heterocycles. The van der Waals surface area contributed by atoms with Crippen LogP contribution in [0.4, 0.5) is 13.2 Å². The normalized spacial score (nSPS) is 11.8. The van der Waals surface area contributed by atoms with E-state index in [9.17, 15) is 18.0 Å². The third-order valence-electron chi connectivity index (χ3n) is 2.48. The highest BCUT2D eigenvalue weighted by Crippen LogP contribution is 2.30. The number of alkyl halides is 3. The van der Waals surface area contributed by atoms with Gasteiger partial charge in [0.05, 0.1) is 11.8 Å². The van der Waals surface area contributed by atoms with Gasteiger partial charge in [-0.1, -0.05) is 18.2 Å². The van der Waals surface area contributed by atoms with Gasteiger partial charge in [-0.25, -0.2) is 5.43 Å². The Morgan fingerprint density at radius 2 is 1.95 bits per heavy atom. The van der Waals surface area contributed by atoms with Gasteiger partial charge in [0, 0.05) is 11.8 Å². The van der Waals surface area contributed by atoms with E-state index in [0.717, 1.165) is 12.3 Å². The summed E-state index contributed by atoms with van der Waals surface area (Å²) in [7, 11) is 0. The molecule has 2 N–H and O–H groups in total. The van der Waals surface area contributed by atoms with E-state index in [0.29, 0.717) is 0 Å². The maximum atomic E-state index is 12.7. The first kappa shape index (κ1) is 13.9. The van der Waals surface area contributed by atoms with Crippen molar-refractivity contribution in [3.8, 4) is 0 Å². The number of rotatable bonds is 3. The summed E-state index contributed by atoms with van der Waals surface area (Å²) < 4.78 is 38.1. The summed E-state index contributed by atoms with van der Waals surface area (Å²) in [4.78, 5) is 14.2. The van der Waals surface area contributed by atoms with Gasteiger partial charge in [-0.15, -0.1) is 0 Å². The summed E-state index contributed by atoms with van der Waals surface area (Å²) in [6, 6.07) is 8.12. The zero-order chi connectivity index (χ0) is 14.6. The number of amides is 1. The maximum Gasteiger partial charge on any atom is 0.417 e. The summed E-state index contributed by atoms with van der Waals surface area (Å²) in [5, 5.41) is 3.53. The molecule has 4 nitrogen and oxygen atoms in total. The van der Waals surface area contributed by atoms with Gasteiger partial charge >= 0.3 is 6.18 Å². The second-order valence-electron chi connectivity index (χ2n) is 3.87. The van der Waals surface area contributed by atoms with Gasteiger partial charge in [-0.3, -0.25) is 4.79 Å². The first-order valence-electron chi connectivity index (χ1n) is 5.61. The van der Waals surface area contributed by atoms with Gasteiger partial charge in [-0.2, -0.15) is 18.3 Å². The fourth-order valence-electron chi connectivity index (χ4n) is 1.56. The number of hydrogen-bond donors (Lipinski definition) is 2. The zero-order valence-electron chi connectivity index (χ0n) is 10.1. The number of carbonyl (C=O) groups is 1. The molecule has 1 amide bonds. The average Bonchev–Trinajstić information content (AvgIpc) is 2.92. The van der Waals surface area contributed by atoms with E-state index in [4.69, 9.17) is 0 Å². The molecule has 0 bridgehead atoms. The zero-order valence-corrected chi connectivity index (χ0v) is 10.1. The predicted octanol–water partition coefficient (Wildman–Crippen LogP) is 2.80. The number of H-pyrrole nitrogens is 1. The molecular weight excluding hydrogens is 271 g/mol. The van der Waals surface area contributed by atoms with E-state index < -0.39 is 17.6 Å². The molecule has 0 radical (unpaired) electrons. The number of nitrogens with zero attached hydrogens (tertiary/aromatic N) is 1. The highest BCUT2D eigenvalue weighted by molar-refractivity contribution is 5.93. The molecule has 2 aromatic rings. The van der Waals surface area contributed by atoms with Crippen molar-refractivity contribution in [3.63, 3.8) is 0 Å². The molecule has 1 heterocycles. The molecule has 104 valence electrons. The lowest BCUT2D eigenvalue weighted by molar-refractivity contribution is -0.137. The van der Waals surface area contributed by atoms with Crippen LogP contribution in [0.3, 0.4) is 0 Å². The number of aromatic nitrogens is 1. The predicted molar refractivity (Wildman–Crippen MR) is 67.3 cm³/mol. The van der Waals surface area contributed by atoms with Gasteiger partial charge in [0.1, 0.15) is 5.69 Å². The van der Waals surface area contributed by atoms with Crippen LogP contribution in [0.25, 0.3) is 0 Å². The molecule has 0 spiro atoms. The Morgan fingerprint density at radius 3 is 2.60 bits per heavy atom. The lowest BCUT2D eigenvalue weighted by atomic mass is 10.1. The molecular formula is C13H10F3N3O. The van der Waals surface area contributed by atoms with Crippen molar-refractivity contribution in [2.24, 2.45) is 5.10 Å². The minimum absolute atomic E-state index is 0.119. The molecule has 0 aliphatic carbocycles. The Kier molecular flexibility index (Phi) is 3.88. The SMILES string of the molecule is O=C(N/N=C\c1ccccc1C(F)(F)F)c1ccc[nH]1. The molecule has 2 rings (SSSR count). The van der Waals surface area contributed by atoms with E-state index in [-0.39, 0.29) is 11.3 Å². The number of halogens is 3. The second-order valence-corrected chi connectivity index (χ2v) is 3.87. The van der Waals surface area contributed by atoms with Crippen LogP contribution >= 0.6 is 0 Å². The van der Waals surface area contributed by atoms with Crippen molar-refractivity contribution >= 4 is 12.1 Å². The minimum Gasteiger partial charge on any atom is -0.357 e. The van der Waals surface area contributed by atoms with Crippen LogP contribution in [0.15, 0.2) is 47.7 Å². The van der Waals surface area contributed by atoms with Crippen molar-refractivity contribution in [2.75, 3.05) is 0 Å². The molecule has 7 heteroatoms. The number of nitrogens with one attached hydrogen (secondary N) is 2. The molecule has 0 aliphatic rings. The van der Waals surface area contributed by atoms with E-state index in [1.807, 2.05) is 0 Å². The number of benzene rings is 1. The third kappa shape index (κ3) is 3.25. The van der Waals surface area contributed by atoms with Crippen molar-refractivity contribution < 1.29 is 18.0 Å². The van der Waals surface area contributed by atoms with Gasteiger partial charge in [0.25, 0.3) is 5.91 Å². The van der Waals surface area contributed by atoms with Crippen molar-refractivity contribution in [1.29, 1.82) is 0 Å². The molecule has 1 aromatic carbocycles. The first-order valence-corrected chi connectivity index (χ1v) is 5.61. The molecule has 20 heavy (non-hydrogen) atoms. The smallest absolute Gasteiger partial charge is 0.357 e. The summed E-state index contributed by atoms with van der Waals surface area (Å²) in [5.41, 5.74) is 1.49. The third-order valence-corrected chi connectivity index (χ3v) is 2.48. The Hall–Kier alpha value is -2.57. The molecule has 0 fully saturated rings. The van der Waals surface area contributed by atoms with Crippen molar-refractivity contribution in [3.05, 3.63) is 59.4 Å². The fourth-order valence-corrected chi connectivity index (χ4v) is 1.56. The second kappa shape index (κ2) is 5.60. The van der Waals surface area contributed by atoms with Crippen LogP contribution in [0.5, 0.6) is 0 Å². The Morgan fingerprint density at radius 1 is 1.20 bits per heavy atom. The van der Waals surface area contributed by atoms with Gasteiger partial charge in [0.15, 0.2) is 0 Å². The summed E-state index contributed by atoms with van der Waals surface area (Å²) >= 11 is 0. The van der Waals surface area contributed by atoms with Crippen LogP contribution in [0.2, 0.25) is 0 Å². The highest BCUT2D eigenvalue weighted by Gasteiger charge is 2.32. The summed E-state index contributed by atoms with van der Waals surface area (Å²) in [5.74, 6) is -0.532. The van der Waals surface area contributed by atoms with E-state index in [2.05, 4.69) is 15.5 Å². The maximum absolute atomic E-state index is 12.7. The lowest BCUT2D eigenvalue weighted by Gasteiger charge is -2.09. The van der Waals surface area contributed by atoms with E-state index >= 15 is 0 Å². The fraction of sp³-hybridized carbons (Fsp3) is 0.0769. The van der Waals surface area contributed by atoms with Crippen LogP contribution in [0.1, 0.15) is 21.6 Å². The van der Waals surface area contributed by atoms with Gasteiger partial charge in [0.2, 0.25) is 0 Å². The largest absolute Gasteiger partial charge is 0.417 e. The lowest BCUT2D eigenvalue weighted by Crippen LogP contribution is -2.18. The van der Waals surface area contributed by atoms with Crippen LogP contribution in [0, 0.1) is 0 Å². The average molecular weight is 281 g/mol. The Labute approximate surface area is 112 Å². The number of hydrogen-bond acceptors (Lipinski definition) is 2. The highest BCUT2D eigenvalue weighted by atomic mass is 19.4. The summed E-state index contributed by atoms with van der Waals surface area (Å²) in [6.07, 6.45) is -1.95. The number of hydrazone groups is 1. The van der Waals surface area contributed by atoms with Crippen LogP contribution in [-0.4, -0.2) is 17.1 Å².